The van der Waals surface area contributed by atoms with Gasteiger partial charge in [0.1, 0.15) is 17.0 Å². The summed E-state index contributed by atoms with van der Waals surface area (Å²) in [7, 11) is 0. The van der Waals surface area contributed by atoms with Gasteiger partial charge >= 0.3 is 0 Å². The molecule has 0 radical (unpaired) electrons. The Hall–Kier alpha value is -2.54. The minimum Gasteiger partial charge on any atom is -0.360 e. The molecular formula is C15H14N6S. The molecule has 0 aliphatic heterocycles. The van der Waals surface area contributed by atoms with Crippen molar-refractivity contribution >= 4 is 33.0 Å². The highest BCUT2D eigenvalue weighted by Crippen LogP contribution is 2.29. The summed E-state index contributed by atoms with van der Waals surface area (Å²) < 4.78 is 1.98. The van der Waals surface area contributed by atoms with Gasteiger partial charge in [-0.1, -0.05) is 6.07 Å². The Morgan fingerprint density at radius 1 is 1.23 bits per heavy atom. The summed E-state index contributed by atoms with van der Waals surface area (Å²) in [5.74, 6) is 1.68. The molecule has 4 rings (SSSR count). The number of aryl methyl sites for hydroxylation is 1. The highest BCUT2D eigenvalue weighted by atomic mass is 32.1. The second-order valence-electron chi connectivity index (χ2n) is 5.15. The fraction of sp³-hybridized carbons (Fsp3) is 0.200. The number of nitrogens with one attached hydrogen (secondary N) is 1. The van der Waals surface area contributed by atoms with Crippen LogP contribution in [0.1, 0.15) is 23.7 Å². The maximum atomic E-state index is 4.38. The zero-order chi connectivity index (χ0) is 15.1. The lowest BCUT2D eigenvalue weighted by Crippen LogP contribution is -2.11. The lowest BCUT2D eigenvalue weighted by molar-refractivity contribution is 0.769. The van der Waals surface area contributed by atoms with Gasteiger partial charge in [0.05, 0.1) is 11.4 Å². The first-order valence-electron chi connectivity index (χ1n) is 7.00. The minimum absolute atomic E-state index is 0.0179. The Balaban J connectivity index is 1.73. The van der Waals surface area contributed by atoms with Gasteiger partial charge in [0.2, 0.25) is 0 Å². The number of fused-ring (bicyclic) bond motifs is 2. The summed E-state index contributed by atoms with van der Waals surface area (Å²) >= 11 is 1.67. The SMILES string of the molecule is Cc1cc2c(NC(C)c3nnc4ccccn34)ncnc2s1. The van der Waals surface area contributed by atoms with E-state index < -0.39 is 0 Å². The smallest absolute Gasteiger partial charge is 0.160 e. The first-order chi connectivity index (χ1) is 10.7. The van der Waals surface area contributed by atoms with Gasteiger partial charge in [-0.3, -0.25) is 4.40 Å². The molecule has 0 aliphatic carbocycles. The van der Waals surface area contributed by atoms with Crippen LogP contribution in [0.5, 0.6) is 0 Å². The highest BCUT2D eigenvalue weighted by molar-refractivity contribution is 7.18. The van der Waals surface area contributed by atoms with Crippen molar-refractivity contribution in [1.29, 1.82) is 0 Å². The van der Waals surface area contributed by atoms with Crippen LogP contribution in [0.3, 0.4) is 0 Å². The second kappa shape index (κ2) is 5.03. The third kappa shape index (κ3) is 2.10. The molecule has 1 unspecified atom stereocenters. The van der Waals surface area contributed by atoms with Crippen molar-refractivity contribution in [2.24, 2.45) is 0 Å². The summed E-state index contributed by atoms with van der Waals surface area (Å²) in [5, 5.41) is 12.9. The van der Waals surface area contributed by atoms with Gasteiger partial charge in [-0.25, -0.2) is 9.97 Å². The predicted molar refractivity (Wildman–Crippen MR) is 87.2 cm³/mol. The molecule has 1 N–H and O–H groups in total. The fourth-order valence-electron chi connectivity index (χ4n) is 2.52. The molecule has 22 heavy (non-hydrogen) atoms. The molecule has 0 aliphatic rings. The van der Waals surface area contributed by atoms with Gasteiger partial charge < -0.3 is 5.32 Å². The van der Waals surface area contributed by atoms with E-state index in [0.717, 1.165) is 27.5 Å². The van der Waals surface area contributed by atoms with E-state index in [-0.39, 0.29) is 6.04 Å². The molecule has 4 heterocycles. The van der Waals surface area contributed by atoms with Crippen LogP contribution in [-0.4, -0.2) is 24.6 Å². The van der Waals surface area contributed by atoms with Gasteiger partial charge in [-0.05, 0) is 32.0 Å². The van der Waals surface area contributed by atoms with Gasteiger partial charge in [-0.2, -0.15) is 0 Å². The molecule has 0 bridgehead atoms. The van der Waals surface area contributed by atoms with E-state index in [4.69, 9.17) is 0 Å². The zero-order valence-corrected chi connectivity index (χ0v) is 13.0. The van der Waals surface area contributed by atoms with Gasteiger partial charge in [0, 0.05) is 11.1 Å². The van der Waals surface area contributed by atoms with Crippen LogP contribution < -0.4 is 5.32 Å². The molecule has 0 amide bonds. The van der Waals surface area contributed by atoms with Crippen molar-refractivity contribution in [3.05, 3.63) is 47.5 Å². The zero-order valence-electron chi connectivity index (χ0n) is 12.2. The first kappa shape index (κ1) is 13.1. The number of hydrogen-bond acceptors (Lipinski definition) is 6. The summed E-state index contributed by atoms with van der Waals surface area (Å²) in [6.45, 7) is 4.13. The lowest BCUT2D eigenvalue weighted by atomic mass is 10.3. The number of pyridine rings is 1. The second-order valence-corrected chi connectivity index (χ2v) is 6.39. The van der Waals surface area contributed by atoms with Gasteiger partial charge in [0.15, 0.2) is 11.5 Å². The number of nitrogens with zero attached hydrogens (tertiary/aromatic N) is 5. The lowest BCUT2D eigenvalue weighted by Gasteiger charge is -2.13. The summed E-state index contributed by atoms with van der Waals surface area (Å²) in [6, 6.07) is 7.95. The predicted octanol–water partition coefficient (Wildman–Crippen LogP) is 3.22. The highest BCUT2D eigenvalue weighted by Gasteiger charge is 2.15. The standard InChI is InChI=1S/C15H14N6S/c1-9-7-11-13(16-8-17-15(11)22-9)18-10(2)14-20-19-12-5-3-4-6-21(12)14/h3-8,10H,1-2H3,(H,16,17,18). The van der Waals surface area contributed by atoms with Crippen molar-refractivity contribution in [2.45, 2.75) is 19.9 Å². The average molecular weight is 310 g/mol. The van der Waals surface area contributed by atoms with E-state index in [0.29, 0.717) is 0 Å². The van der Waals surface area contributed by atoms with E-state index in [1.54, 1.807) is 17.7 Å². The number of hydrogen-bond donors (Lipinski definition) is 1. The van der Waals surface area contributed by atoms with Crippen molar-refractivity contribution in [3.8, 4) is 0 Å². The normalized spacial score (nSPS) is 12.8. The molecule has 0 saturated carbocycles. The Morgan fingerprint density at radius 3 is 3.05 bits per heavy atom. The molecule has 4 aromatic heterocycles. The molecule has 0 spiro atoms. The molecule has 1 atom stereocenters. The van der Waals surface area contributed by atoms with Crippen molar-refractivity contribution in [1.82, 2.24) is 24.6 Å². The molecule has 0 saturated heterocycles. The third-order valence-electron chi connectivity index (χ3n) is 3.53. The van der Waals surface area contributed by atoms with Crippen molar-refractivity contribution < 1.29 is 0 Å². The van der Waals surface area contributed by atoms with E-state index in [2.05, 4.69) is 45.4 Å². The van der Waals surface area contributed by atoms with E-state index in [1.165, 1.54) is 4.88 Å². The van der Waals surface area contributed by atoms with E-state index in [1.807, 2.05) is 28.8 Å². The first-order valence-corrected chi connectivity index (χ1v) is 7.81. The molecule has 7 heteroatoms. The van der Waals surface area contributed by atoms with Gasteiger partial charge in [0.25, 0.3) is 0 Å². The topological polar surface area (TPSA) is 68.0 Å². The molecular weight excluding hydrogens is 296 g/mol. The van der Waals surface area contributed by atoms with Crippen molar-refractivity contribution in [2.75, 3.05) is 5.32 Å². The fourth-order valence-corrected chi connectivity index (χ4v) is 3.36. The molecule has 110 valence electrons. The largest absolute Gasteiger partial charge is 0.360 e. The summed E-state index contributed by atoms with van der Waals surface area (Å²) in [4.78, 5) is 10.9. The third-order valence-corrected chi connectivity index (χ3v) is 4.49. The molecule has 6 nitrogen and oxygen atoms in total. The number of aromatic nitrogens is 5. The molecule has 0 aromatic carbocycles. The van der Waals surface area contributed by atoms with Crippen LogP contribution in [-0.2, 0) is 0 Å². The van der Waals surface area contributed by atoms with Crippen LogP contribution in [0.4, 0.5) is 5.82 Å². The Morgan fingerprint density at radius 2 is 2.14 bits per heavy atom. The van der Waals surface area contributed by atoms with Crippen LogP contribution in [0.25, 0.3) is 15.9 Å². The quantitative estimate of drug-likeness (QED) is 0.629. The van der Waals surface area contributed by atoms with Crippen molar-refractivity contribution in [3.63, 3.8) is 0 Å². The van der Waals surface area contributed by atoms with E-state index in [9.17, 15) is 0 Å². The minimum atomic E-state index is -0.0179. The maximum Gasteiger partial charge on any atom is 0.160 e. The monoisotopic (exact) mass is 310 g/mol. The summed E-state index contributed by atoms with van der Waals surface area (Å²) in [6.07, 6.45) is 3.56. The number of anilines is 1. The van der Waals surface area contributed by atoms with Crippen LogP contribution in [0.15, 0.2) is 36.8 Å². The van der Waals surface area contributed by atoms with E-state index >= 15 is 0 Å². The van der Waals surface area contributed by atoms with Crippen LogP contribution in [0, 0.1) is 6.92 Å². The molecule has 4 aromatic rings. The summed E-state index contributed by atoms with van der Waals surface area (Å²) in [5.41, 5.74) is 0.838. The number of thiophene rings is 1. The Labute approximate surface area is 130 Å². The van der Waals surface area contributed by atoms with Crippen LogP contribution in [0.2, 0.25) is 0 Å². The number of rotatable bonds is 3. The van der Waals surface area contributed by atoms with Gasteiger partial charge in [-0.15, -0.1) is 21.5 Å². The Kier molecular flexibility index (Phi) is 3.00. The molecule has 0 fully saturated rings. The van der Waals surface area contributed by atoms with Crippen LogP contribution >= 0.6 is 11.3 Å². The Bertz CT molecular complexity index is 957. The average Bonchev–Trinajstić information content (AvgIpc) is 3.10. The maximum absolute atomic E-state index is 4.38.